The molecular formula is C12H14BrNO3. The number of hydrogen-bond donors (Lipinski definition) is 2. The van der Waals surface area contributed by atoms with E-state index in [0.717, 1.165) is 12.8 Å². The van der Waals surface area contributed by atoms with E-state index < -0.39 is 0 Å². The van der Waals surface area contributed by atoms with Crippen LogP contribution >= 0.6 is 15.9 Å². The first-order chi connectivity index (χ1) is 8.13. The predicted molar refractivity (Wildman–Crippen MR) is 67.0 cm³/mol. The lowest BCUT2D eigenvalue weighted by Crippen LogP contribution is -2.37. The van der Waals surface area contributed by atoms with E-state index >= 15 is 0 Å². The van der Waals surface area contributed by atoms with Gasteiger partial charge in [0, 0.05) is 12.1 Å². The number of carbonyl (C=O) groups excluding carboxylic acids is 1. The summed E-state index contributed by atoms with van der Waals surface area (Å²) in [6.45, 7) is 0.662. The number of aliphatic hydroxyl groups is 1. The van der Waals surface area contributed by atoms with Crippen molar-refractivity contribution < 1.29 is 15.0 Å². The summed E-state index contributed by atoms with van der Waals surface area (Å²) in [5, 5.41) is 18.7. The van der Waals surface area contributed by atoms with Gasteiger partial charge < -0.3 is 15.1 Å². The van der Waals surface area contributed by atoms with Crippen LogP contribution in [0.4, 0.5) is 0 Å². The average molecular weight is 300 g/mol. The number of aromatic hydroxyl groups is 1. The molecule has 2 rings (SSSR count). The Balaban J connectivity index is 2.21. The number of likely N-dealkylation sites (tertiary alicyclic amines) is 1. The molecule has 1 aromatic rings. The first-order valence-electron chi connectivity index (χ1n) is 5.54. The second-order valence-electron chi connectivity index (χ2n) is 4.14. The summed E-state index contributed by atoms with van der Waals surface area (Å²) in [4.78, 5) is 13.8. The molecule has 0 unspecified atom stereocenters. The van der Waals surface area contributed by atoms with Crippen molar-refractivity contribution in [3.05, 3.63) is 28.2 Å². The molecule has 1 amide bonds. The Bertz CT molecular complexity index is 436. The molecule has 0 aromatic heterocycles. The summed E-state index contributed by atoms with van der Waals surface area (Å²) >= 11 is 3.17. The first-order valence-corrected chi connectivity index (χ1v) is 6.33. The largest absolute Gasteiger partial charge is 0.507 e. The zero-order chi connectivity index (χ0) is 12.4. The van der Waals surface area contributed by atoms with E-state index in [1.54, 1.807) is 17.0 Å². The van der Waals surface area contributed by atoms with Crippen molar-refractivity contribution in [1.29, 1.82) is 0 Å². The third kappa shape index (κ3) is 2.45. The SMILES string of the molecule is O=C(c1ccc(Br)c(O)c1)N1CCC[C@@H]1CO. The summed E-state index contributed by atoms with van der Waals surface area (Å²) < 4.78 is 0.564. The van der Waals surface area contributed by atoms with E-state index in [1.165, 1.54) is 6.07 Å². The van der Waals surface area contributed by atoms with Gasteiger partial charge in [-0.15, -0.1) is 0 Å². The number of benzene rings is 1. The van der Waals surface area contributed by atoms with Gasteiger partial charge in [-0.3, -0.25) is 4.79 Å². The highest BCUT2D eigenvalue weighted by Crippen LogP contribution is 2.26. The maximum Gasteiger partial charge on any atom is 0.254 e. The number of halogens is 1. The van der Waals surface area contributed by atoms with Gasteiger partial charge in [0.05, 0.1) is 17.1 Å². The van der Waals surface area contributed by atoms with Crippen LogP contribution in [-0.4, -0.2) is 40.2 Å². The van der Waals surface area contributed by atoms with Crippen LogP contribution in [0.25, 0.3) is 0 Å². The van der Waals surface area contributed by atoms with E-state index in [1.807, 2.05) is 0 Å². The molecule has 5 heteroatoms. The molecule has 1 saturated heterocycles. The molecule has 1 fully saturated rings. The minimum atomic E-state index is -0.135. The number of phenolic OH excluding ortho intramolecular Hbond substituents is 1. The van der Waals surface area contributed by atoms with Gasteiger partial charge in [-0.25, -0.2) is 0 Å². The lowest BCUT2D eigenvalue weighted by molar-refractivity contribution is 0.0677. The number of amides is 1. The molecule has 1 heterocycles. The number of aliphatic hydroxyl groups excluding tert-OH is 1. The molecule has 2 N–H and O–H groups in total. The molecular weight excluding hydrogens is 286 g/mol. The Hall–Kier alpha value is -1.07. The van der Waals surface area contributed by atoms with Crippen molar-refractivity contribution >= 4 is 21.8 Å². The highest BCUT2D eigenvalue weighted by molar-refractivity contribution is 9.10. The molecule has 4 nitrogen and oxygen atoms in total. The average Bonchev–Trinajstić information content (AvgIpc) is 2.80. The minimum Gasteiger partial charge on any atom is -0.507 e. The second-order valence-corrected chi connectivity index (χ2v) is 5.00. The fourth-order valence-electron chi connectivity index (χ4n) is 2.10. The summed E-state index contributed by atoms with van der Waals surface area (Å²) in [7, 11) is 0. The van der Waals surface area contributed by atoms with Crippen LogP contribution in [0.1, 0.15) is 23.2 Å². The van der Waals surface area contributed by atoms with Crippen LogP contribution in [0.5, 0.6) is 5.75 Å². The summed E-state index contributed by atoms with van der Waals surface area (Å²) in [6.07, 6.45) is 1.75. The van der Waals surface area contributed by atoms with Gasteiger partial charge in [0.15, 0.2) is 0 Å². The summed E-state index contributed by atoms with van der Waals surface area (Å²) in [5.74, 6) is -0.0834. The quantitative estimate of drug-likeness (QED) is 0.875. The summed E-state index contributed by atoms with van der Waals surface area (Å²) in [5.41, 5.74) is 0.450. The van der Waals surface area contributed by atoms with Crippen molar-refractivity contribution in [2.75, 3.05) is 13.2 Å². The molecule has 1 aliphatic heterocycles. The van der Waals surface area contributed by atoms with Crippen molar-refractivity contribution in [1.82, 2.24) is 4.90 Å². The van der Waals surface area contributed by atoms with Crippen molar-refractivity contribution in [2.24, 2.45) is 0 Å². The third-order valence-electron chi connectivity index (χ3n) is 3.04. The van der Waals surface area contributed by atoms with E-state index in [2.05, 4.69) is 15.9 Å². The van der Waals surface area contributed by atoms with Crippen LogP contribution in [-0.2, 0) is 0 Å². The molecule has 0 bridgehead atoms. The topological polar surface area (TPSA) is 60.8 Å². The first kappa shape index (κ1) is 12.4. The Morgan fingerprint density at radius 1 is 1.53 bits per heavy atom. The van der Waals surface area contributed by atoms with E-state index in [-0.39, 0.29) is 24.3 Å². The van der Waals surface area contributed by atoms with Gasteiger partial charge in [-0.1, -0.05) is 0 Å². The lowest BCUT2D eigenvalue weighted by atomic mass is 10.1. The van der Waals surface area contributed by atoms with Crippen molar-refractivity contribution in [2.45, 2.75) is 18.9 Å². The number of hydrogen-bond acceptors (Lipinski definition) is 3. The Kier molecular flexibility index (Phi) is 3.69. The van der Waals surface area contributed by atoms with E-state index in [0.29, 0.717) is 16.6 Å². The monoisotopic (exact) mass is 299 g/mol. The van der Waals surface area contributed by atoms with Crippen LogP contribution in [0.2, 0.25) is 0 Å². The molecule has 17 heavy (non-hydrogen) atoms. The highest BCUT2D eigenvalue weighted by atomic mass is 79.9. The number of phenols is 1. The second kappa shape index (κ2) is 5.06. The van der Waals surface area contributed by atoms with Crippen LogP contribution in [0, 0.1) is 0 Å². The zero-order valence-electron chi connectivity index (χ0n) is 9.27. The third-order valence-corrected chi connectivity index (χ3v) is 3.71. The maximum atomic E-state index is 12.2. The normalized spacial score (nSPS) is 19.6. The standard InChI is InChI=1S/C12H14BrNO3/c13-10-4-3-8(6-11(10)16)12(17)14-5-1-2-9(14)7-15/h3-4,6,9,15-16H,1-2,5,7H2/t9-/m1/s1. The Labute approximate surface area is 108 Å². The molecule has 0 saturated carbocycles. The maximum absolute atomic E-state index is 12.2. The van der Waals surface area contributed by atoms with Gasteiger partial charge in [0.25, 0.3) is 5.91 Å². The van der Waals surface area contributed by atoms with Crippen LogP contribution in [0.3, 0.4) is 0 Å². The van der Waals surface area contributed by atoms with Crippen LogP contribution < -0.4 is 0 Å². The fraction of sp³-hybridized carbons (Fsp3) is 0.417. The molecule has 0 spiro atoms. The predicted octanol–water partition coefficient (Wildman–Crippen LogP) is 1.75. The number of nitrogens with zero attached hydrogens (tertiary/aromatic N) is 1. The zero-order valence-corrected chi connectivity index (χ0v) is 10.9. The smallest absolute Gasteiger partial charge is 0.254 e. The van der Waals surface area contributed by atoms with Crippen LogP contribution in [0.15, 0.2) is 22.7 Å². The van der Waals surface area contributed by atoms with Gasteiger partial charge in [0.1, 0.15) is 5.75 Å². The molecule has 92 valence electrons. The lowest BCUT2D eigenvalue weighted by Gasteiger charge is -2.23. The van der Waals surface area contributed by atoms with E-state index in [4.69, 9.17) is 0 Å². The minimum absolute atomic E-state index is 0.00570. The van der Waals surface area contributed by atoms with Gasteiger partial charge in [-0.05, 0) is 47.0 Å². The van der Waals surface area contributed by atoms with Crippen molar-refractivity contribution in [3.63, 3.8) is 0 Å². The highest BCUT2D eigenvalue weighted by Gasteiger charge is 2.28. The molecule has 1 atom stereocenters. The molecule has 0 aliphatic carbocycles. The van der Waals surface area contributed by atoms with Crippen molar-refractivity contribution in [3.8, 4) is 5.75 Å². The van der Waals surface area contributed by atoms with Gasteiger partial charge >= 0.3 is 0 Å². The number of rotatable bonds is 2. The molecule has 0 radical (unpaired) electrons. The molecule has 1 aromatic carbocycles. The van der Waals surface area contributed by atoms with E-state index in [9.17, 15) is 15.0 Å². The Morgan fingerprint density at radius 3 is 2.94 bits per heavy atom. The fourth-order valence-corrected chi connectivity index (χ4v) is 2.35. The number of carbonyl (C=O) groups is 1. The van der Waals surface area contributed by atoms with Gasteiger partial charge in [0.2, 0.25) is 0 Å². The van der Waals surface area contributed by atoms with Gasteiger partial charge in [-0.2, -0.15) is 0 Å². The summed E-state index contributed by atoms with van der Waals surface area (Å²) in [6, 6.07) is 4.67. The molecule has 1 aliphatic rings. The Morgan fingerprint density at radius 2 is 2.29 bits per heavy atom.